The SMILES string of the molecule is CC(C)(C)c1cc(Oc2ccc3c4cc(-c5ccccc5)ccc4n(-c4cc(C(C)(C)c5ccccc5)ccn4)c3c2)cc(N2CN(c3cc(C(C)(C)C)cc(C(C)(C)C)c3)C=C2c2ccccc2)c1. The summed E-state index contributed by atoms with van der Waals surface area (Å²) >= 11 is 0. The molecule has 9 aromatic rings. The third kappa shape index (κ3) is 9.02. The normalized spacial score (nSPS) is 13.6. The monoisotopic (exact) mass is 919 g/mol. The van der Waals surface area contributed by atoms with Gasteiger partial charge in [-0.1, -0.05) is 179 Å². The molecule has 0 bridgehead atoms. The van der Waals surface area contributed by atoms with Gasteiger partial charge in [0.05, 0.1) is 23.4 Å². The van der Waals surface area contributed by atoms with Crippen LogP contribution in [0.2, 0.25) is 0 Å². The lowest BCUT2D eigenvalue weighted by atomic mass is 9.78. The van der Waals surface area contributed by atoms with E-state index in [1.165, 1.54) is 44.6 Å². The van der Waals surface area contributed by atoms with Crippen molar-refractivity contribution >= 4 is 38.9 Å². The summed E-state index contributed by atoms with van der Waals surface area (Å²) in [6.07, 6.45) is 4.28. The quantitative estimate of drug-likeness (QED) is 0.144. The molecule has 70 heavy (non-hydrogen) atoms. The van der Waals surface area contributed by atoms with Gasteiger partial charge in [0.2, 0.25) is 0 Å². The smallest absolute Gasteiger partial charge is 0.137 e. The van der Waals surface area contributed by atoms with Gasteiger partial charge in [0.15, 0.2) is 0 Å². The number of hydrogen-bond donors (Lipinski definition) is 0. The first-order valence-electron chi connectivity index (χ1n) is 24.8. The zero-order chi connectivity index (χ0) is 49.2. The molecule has 0 amide bonds. The number of ether oxygens (including phenoxy) is 1. The summed E-state index contributed by atoms with van der Waals surface area (Å²) in [5.41, 5.74) is 15.0. The van der Waals surface area contributed by atoms with Crippen molar-refractivity contribution in [3.05, 3.63) is 222 Å². The molecule has 0 aliphatic carbocycles. The Bertz CT molecular complexity index is 3370. The van der Waals surface area contributed by atoms with E-state index >= 15 is 0 Å². The fourth-order valence-electron chi connectivity index (χ4n) is 9.79. The largest absolute Gasteiger partial charge is 0.457 e. The predicted molar refractivity (Wildman–Crippen MR) is 296 cm³/mol. The molecule has 0 saturated heterocycles. The number of pyridine rings is 1. The predicted octanol–water partition coefficient (Wildman–Crippen LogP) is 17.1. The van der Waals surface area contributed by atoms with Crippen LogP contribution in [-0.2, 0) is 21.7 Å². The number of anilines is 2. The van der Waals surface area contributed by atoms with Gasteiger partial charge in [-0.05, 0) is 121 Å². The van der Waals surface area contributed by atoms with Gasteiger partial charge in [-0.2, -0.15) is 0 Å². The lowest BCUT2D eigenvalue weighted by Gasteiger charge is -2.30. The van der Waals surface area contributed by atoms with E-state index in [1.807, 2.05) is 6.20 Å². The summed E-state index contributed by atoms with van der Waals surface area (Å²) in [4.78, 5) is 9.94. The summed E-state index contributed by atoms with van der Waals surface area (Å²) in [5, 5.41) is 2.30. The molecule has 1 aliphatic rings. The lowest BCUT2D eigenvalue weighted by Crippen LogP contribution is -2.27. The van der Waals surface area contributed by atoms with Gasteiger partial charge < -0.3 is 14.5 Å². The molecule has 5 heteroatoms. The Kier molecular flexibility index (Phi) is 11.6. The van der Waals surface area contributed by atoms with Gasteiger partial charge in [0.25, 0.3) is 0 Å². The molecular formula is C65H66N4O. The Hall–Kier alpha value is -7.37. The molecule has 0 spiro atoms. The molecule has 0 fully saturated rings. The van der Waals surface area contributed by atoms with E-state index < -0.39 is 0 Å². The van der Waals surface area contributed by atoms with Crippen LogP contribution in [-0.4, -0.2) is 16.2 Å². The number of aromatic nitrogens is 2. The minimum atomic E-state index is -0.240. The molecule has 3 heterocycles. The zero-order valence-electron chi connectivity index (χ0n) is 42.8. The van der Waals surface area contributed by atoms with Gasteiger partial charge in [0, 0.05) is 52.1 Å². The van der Waals surface area contributed by atoms with Crippen LogP contribution in [0.3, 0.4) is 0 Å². The van der Waals surface area contributed by atoms with Gasteiger partial charge in [-0.15, -0.1) is 0 Å². The highest BCUT2D eigenvalue weighted by Crippen LogP contribution is 2.43. The maximum Gasteiger partial charge on any atom is 0.137 e. The zero-order valence-corrected chi connectivity index (χ0v) is 42.8. The maximum absolute atomic E-state index is 7.10. The molecule has 0 atom stereocenters. The number of hydrogen-bond acceptors (Lipinski definition) is 4. The second-order valence-electron chi connectivity index (χ2n) is 22.8. The van der Waals surface area contributed by atoms with Crippen molar-refractivity contribution in [1.82, 2.24) is 9.55 Å². The topological polar surface area (TPSA) is 33.5 Å². The molecule has 2 aromatic heterocycles. The minimum Gasteiger partial charge on any atom is -0.457 e. The van der Waals surface area contributed by atoms with Crippen LogP contribution in [0.4, 0.5) is 11.4 Å². The number of benzene rings is 7. The van der Waals surface area contributed by atoms with Gasteiger partial charge in [-0.25, -0.2) is 4.98 Å². The van der Waals surface area contributed by atoms with Crippen LogP contribution >= 0.6 is 0 Å². The van der Waals surface area contributed by atoms with Crippen molar-refractivity contribution < 1.29 is 4.74 Å². The standard InChI is InChI=1S/C65H66N4O/c1-62(2,3)49-34-50(63(4,5)6)36-52(35-49)67-42-60(45-23-17-13-18-24-45)68(43-67)53-37-51(64(7,8)9)38-55(40-53)70-54-28-29-56-57-33-46(44-21-15-12-16-22-44)27-30-58(57)69(59(56)41-54)61-39-48(31-32-66-61)65(10,11)47-25-19-14-20-26-47/h12-42H,43H2,1-11H3. The van der Waals surface area contributed by atoms with Gasteiger partial charge in [0.1, 0.15) is 17.3 Å². The molecule has 1 aliphatic heterocycles. The van der Waals surface area contributed by atoms with E-state index in [2.05, 4.69) is 273 Å². The van der Waals surface area contributed by atoms with E-state index in [-0.39, 0.29) is 21.7 Å². The summed E-state index contributed by atoms with van der Waals surface area (Å²) in [7, 11) is 0. The Balaban J connectivity index is 1.09. The molecule has 7 aromatic carbocycles. The lowest BCUT2D eigenvalue weighted by molar-refractivity contribution is 0.479. The van der Waals surface area contributed by atoms with Crippen LogP contribution in [0.15, 0.2) is 188 Å². The Morgan fingerprint density at radius 1 is 0.429 bits per heavy atom. The Morgan fingerprint density at radius 3 is 1.67 bits per heavy atom. The van der Waals surface area contributed by atoms with Crippen LogP contribution in [0.5, 0.6) is 11.5 Å². The molecular weight excluding hydrogens is 853 g/mol. The average Bonchev–Trinajstić information content (AvgIpc) is 3.94. The first kappa shape index (κ1) is 46.4. The van der Waals surface area contributed by atoms with Crippen molar-refractivity contribution in [3.63, 3.8) is 0 Å². The Labute approximate surface area is 415 Å². The number of fused-ring (bicyclic) bond motifs is 3. The van der Waals surface area contributed by atoms with Crippen LogP contribution in [0.1, 0.15) is 110 Å². The van der Waals surface area contributed by atoms with Crippen molar-refractivity contribution in [3.8, 4) is 28.4 Å². The van der Waals surface area contributed by atoms with E-state index in [9.17, 15) is 0 Å². The first-order valence-corrected chi connectivity index (χ1v) is 24.8. The molecule has 0 N–H and O–H groups in total. The summed E-state index contributed by atoms with van der Waals surface area (Å²) in [6, 6.07) is 63.8. The van der Waals surface area contributed by atoms with Crippen LogP contribution in [0.25, 0.3) is 44.4 Å². The van der Waals surface area contributed by atoms with E-state index in [1.54, 1.807) is 0 Å². The average molecular weight is 919 g/mol. The number of rotatable bonds is 9. The fourth-order valence-corrected chi connectivity index (χ4v) is 9.79. The third-order valence-corrected chi connectivity index (χ3v) is 14.3. The van der Waals surface area contributed by atoms with Crippen LogP contribution in [0, 0.1) is 0 Å². The van der Waals surface area contributed by atoms with E-state index in [0.29, 0.717) is 6.67 Å². The fraction of sp³-hybridized carbons (Fsp3) is 0.246. The maximum atomic E-state index is 7.10. The summed E-state index contributed by atoms with van der Waals surface area (Å²) in [6.45, 7) is 25.9. The third-order valence-electron chi connectivity index (χ3n) is 14.3. The molecule has 0 radical (unpaired) electrons. The summed E-state index contributed by atoms with van der Waals surface area (Å²) in [5.74, 6) is 2.41. The Morgan fingerprint density at radius 2 is 1.03 bits per heavy atom. The van der Waals surface area contributed by atoms with Crippen molar-refractivity contribution in [2.45, 2.75) is 97.8 Å². The minimum absolute atomic E-state index is 0.00299. The highest BCUT2D eigenvalue weighted by molar-refractivity contribution is 6.10. The van der Waals surface area contributed by atoms with E-state index in [0.717, 1.165) is 56.1 Å². The van der Waals surface area contributed by atoms with Crippen molar-refractivity contribution in [2.75, 3.05) is 16.5 Å². The second-order valence-corrected chi connectivity index (χ2v) is 22.8. The highest BCUT2D eigenvalue weighted by Gasteiger charge is 2.30. The number of nitrogens with zero attached hydrogens (tertiary/aromatic N) is 4. The molecule has 352 valence electrons. The first-order chi connectivity index (χ1) is 33.3. The second kappa shape index (κ2) is 17.5. The van der Waals surface area contributed by atoms with Crippen molar-refractivity contribution in [1.29, 1.82) is 0 Å². The van der Waals surface area contributed by atoms with Gasteiger partial charge >= 0.3 is 0 Å². The van der Waals surface area contributed by atoms with Crippen molar-refractivity contribution in [2.24, 2.45) is 0 Å². The molecule has 0 saturated carbocycles. The molecule has 0 unspecified atom stereocenters. The van der Waals surface area contributed by atoms with Gasteiger partial charge in [-0.3, -0.25) is 4.57 Å². The van der Waals surface area contributed by atoms with E-state index in [4.69, 9.17) is 9.72 Å². The molecule has 10 rings (SSSR count). The molecule has 5 nitrogen and oxygen atoms in total. The van der Waals surface area contributed by atoms with Crippen LogP contribution < -0.4 is 14.5 Å². The summed E-state index contributed by atoms with van der Waals surface area (Å²) < 4.78 is 9.41. The highest BCUT2D eigenvalue weighted by atomic mass is 16.5.